The van der Waals surface area contributed by atoms with Gasteiger partial charge in [-0.2, -0.15) is 5.10 Å². The van der Waals surface area contributed by atoms with E-state index in [4.69, 9.17) is 0 Å². The lowest BCUT2D eigenvalue weighted by Gasteiger charge is -2.14. The molecular formula is C11H16N4O. The summed E-state index contributed by atoms with van der Waals surface area (Å²) >= 11 is 0. The minimum absolute atomic E-state index is 0.274. The van der Waals surface area contributed by atoms with Gasteiger partial charge in [-0.05, 0) is 19.9 Å². The predicted octanol–water partition coefficient (Wildman–Crippen LogP) is 1.28. The Bertz CT molecular complexity index is 472. The predicted molar refractivity (Wildman–Crippen MR) is 59.9 cm³/mol. The number of hydrogen-bond acceptors (Lipinski definition) is 3. The van der Waals surface area contributed by atoms with Crippen molar-refractivity contribution in [2.75, 3.05) is 0 Å². The summed E-state index contributed by atoms with van der Waals surface area (Å²) in [5.41, 5.74) is 1.42. The lowest BCUT2D eigenvalue weighted by molar-refractivity contribution is 0.202. The van der Waals surface area contributed by atoms with E-state index in [9.17, 15) is 5.11 Å². The van der Waals surface area contributed by atoms with Gasteiger partial charge in [0.1, 0.15) is 6.10 Å². The Hall–Kier alpha value is -1.62. The lowest BCUT2D eigenvalue weighted by Crippen LogP contribution is -2.10. The summed E-state index contributed by atoms with van der Waals surface area (Å²) in [4.78, 5) is 4.07. The first-order valence-corrected chi connectivity index (χ1v) is 5.29. The molecule has 5 heteroatoms. The summed E-state index contributed by atoms with van der Waals surface area (Å²) in [7, 11) is 1.83. The van der Waals surface area contributed by atoms with Gasteiger partial charge >= 0.3 is 0 Å². The number of rotatable bonds is 3. The maximum absolute atomic E-state index is 10.2. The van der Waals surface area contributed by atoms with E-state index in [-0.39, 0.29) is 6.04 Å². The normalized spacial score (nSPS) is 13.3. The van der Waals surface area contributed by atoms with Crippen molar-refractivity contribution in [1.82, 2.24) is 19.3 Å². The van der Waals surface area contributed by atoms with Gasteiger partial charge in [-0.1, -0.05) is 0 Å². The van der Waals surface area contributed by atoms with Crippen molar-refractivity contribution in [1.29, 1.82) is 0 Å². The molecule has 2 heterocycles. The topological polar surface area (TPSA) is 55.9 Å². The number of aliphatic hydroxyl groups is 1. The van der Waals surface area contributed by atoms with E-state index in [2.05, 4.69) is 23.9 Å². The average Bonchev–Trinajstić information content (AvgIpc) is 2.84. The highest BCUT2D eigenvalue weighted by Crippen LogP contribution is 2.22. The van der Waals surface area contributed by atoms with E-state index in [1.807, 2.05) is 23.9 Å². The summed E-state index contributed by atoms with van der Waals surface area (Å²) in [6.45, 7) is 4.10. The molecule has 2 aromatic rings. The van der Waals surface area contributed by atoms with Gasteiger partial charge in [-0.25, -0.2) is 4.98 Å². The smallest absolute Gasteiger partial charge is 0.139 e. The van der Waals surface area contributed by atoms with Crippen molar-refractivity contribution in [3.63, 3.8) is 0 Å². The zero-order valence-corrected chi connectivity index (χ0v) is 9.70. The molecule has 1 unspecified atom stereocenters. The quantitative estimate of drug-likeness (QED) is 0.847. The zero-order valence-electron chi connectivity index (χ0n) is 9.70. The Morgan fingerprint density at radius 1 is 1.38 bits per heavy atom. The molecule has 0 bridgehead atoms. The Morgan fingerprint density at radius 3 is 2.69 bits per heavy atom. The van der Waals surface area contributed by atoms with Crippen LogP contribution in [0.25, 0.3) is 0 Å². The molecule has 0 radical (unpaired) electrons. The fraction of sp³-hybridized carbons (Fsp3) is 0.455. The molecule has 5 nitrogen and oxygen atoms in total. The molecule has 0 saturated heterocycles. The molecule has 1 atom stereocenters. The summed E-state index contributed by atoms with van der Waals surface area (Å²) in [5.74, 6) is 0. The Morgan fingerprint density at radius 2 is 2.12 bits per heavy atom. The standard InChI is InChI=1S/C11H16N4O/c1-8(2)15-7-12-6-10(15)11(16)9-4-5-14(3)13-9/h4-8,11,16H,1-3H3. The molecule has 0 aliphatic carbocycles. The van der Waals surface area contributed by atoms with Crippen molar-refractivity contribution < 1.29 is 5.11 Å². The second kappa shape index (κ2) is 4.09. The fourth-order valence-electron chi connectivity index (χ4n) is 1.69. The molecular weight excluding hydrogens is 204 g/mol. The van der Waals surface area contributed by atoms with E-state index in [1.165, 1.54) is 0 Å². The number of aliphatic hydroxyl groups excluding tert-OH is 1. The fourth-order valence-corrected chi connectivity index (χ4v) is 1.69. The molecule has 2 rings (SSSR count). The SMILES string of the molecule is CC(C)n1cncc1C(O)c1ccn(C)n1. The van der Waals surface area contributed by atoms with Gasteiger partial charge < -0.3 is 9.67 Å². The number of nitrogens with zero attached hydrogens (tertiary/aromatic N) is 4. The largest absolute Gasteiger partial charge is 0.380 e. The summed E-state index contributed by atoms with van der Waals surface area (Å²) < 4.78 is 3.62. The van der Waals surface area contributed by atoms with E-state index in [1.54, 1.807) is 17.2 Å². The first-order chi connectivity index (χ1) is 7.59. The van der Waals surface area contributed by atoms with Crippen LogP contribution in [-0.4, -0.2) is 24.4 Å². The molecule has 0 saturated carbocycles. The summed E-state index contributed by atoms with van der Waals surface area (Å²) in [5, 5.41) is 14.4. The Balaban J connectivity index is 2.33. The minimum Gasteiger partial charge on any atom is -0.380 e. The van der Waals surface area contributed by atoms with Crippen LogP contribution in [0.5, 0.6) is 0 Å². The van der Waals surface area contributed by atoms with Crippen LogP contribution in [0.15, 0.2) is 24.8 Å². The van der Waals surface area contributed by atoms with Gasteiger partial charge in [0.2, 0.25) is 0 Å². The molecule has 1 N–H and O–H groups in total. The lowest BCUT2D eigenvalue weighted by atomic mass is 10.2. The minimum atomic E-state index is -0.717. The van der Waals surface area contributed by atoms with Crippen LogP contribution < -0.4 is 0 Å². The molecule has 0 aliphatic rings. The number of aromatic nitrogens is 4. The number of hydrogen-bond donors (Lipinski definition) is 1. The van der Waals surface area contributed by atoms with Crippen LogP contribution in [0.1, 0.15) is 37.4 Å². The third-order valence-electron chi connectivity index (χ3n) is 2.55. The van der Waals surface area contributed by atoms with Crippen LogP contribution in [-0.2, 0) is 7.05 Å². The van der Waals surface area contributed by atoms with Gasteiger partial charge in [0.05, 0.1) is 23.9 Å². The van der Waals surface area contributed by atoms with Crippen molar-refractivity contribution in [2.24, 2.45) is 7.05 Å². The highest BCUT2D eigenvalue weighted by Gasteiger charge is 2.18. The molecule has 0 aliphatic heterocycles. The Labute approximate surface area is 94.4 Å². The molecule has 16 heavy (non-hydrogen) atoms. The maximum atomic E-state index is 10.2. The summed E-state index contributed by atoms with van der Waals surface area (Å²) in [6, 6.07) is 2.08. The number of aryl methyl sites for hydroxylation is 1. The maximum Gasteiger partial charge on any atom is 0.139 e. The zero-order chi connectivity index (χ0) is 11.7. The molecule has 2 aromatic heterocycles. The molecule has 0 aromatic carbocycles. The third-order valence-corrected chi connectivity index (χ3v) is 2.55. The Kier molecular flexibility index (Phi) is 2.78. The van der Waals surface area contributed by atoms with Crippen LogP contribution in [0, 0.1) is 0 Å². The second-order valence-electron chi connectivity index (χ2n) is 4.14. The van der Waals surface area contributed by atoms with E-state index in [0.717, 1.165) is 5.69 Å². The van der Waals surface area contributed by atoms with Crippen molar-refractivity contribution in [3.8, 4) is 0 Å². The molecule has 0 fully saturated rings. The van der Waals surface area contributed by atoms with Crippen LogP contribution in [0.2, 0.25) is 0 Å². The highest BCUT2D eigenvalue weighted by molar-refractivity contribution is 5.17. The monoisotopic (exact) mass is 220 g/mol. The van der Waals surface area contributed by atoms with Crippen molar-refractivity contribution in [3.05, 3.63) is 36.2 Å². The van der Waals surface area contributed by atoms with Crippen molar-refractivity contribution in [2.45, 2.75) is 26.0 Å². The van der Waals surface area contributed by atoms with E-state index >= 15 is 0 Å². The van der Waals surface area contributed by atoms with Gasteiger partial charge in [0.15, 0.2) is 0 Å². The average molecular weight is 220 g/mol. The summed E-state index contributed by atoms with van der Waals surface area (Å²) in [6.07, 6.45) is 4.51. The van der Waals surface area contributed by atoms with E-state index in [0.29, 0.717) is 5.69 Å². The third kappa shape index (κ3) is 1.86. The van der Waals surface area contributed by atoms with E-state index < -0.39 is 6.10 Å². The number of imidazole rings is 1. The van der Waals surface area contributed by atoms with Crippen LogP contribution in [0.3, 0.4) is 0 Å². The van der Waals surface area contributed by atoms with Gasteiger partial charge in [-0.15, -0.1) is 0 Å². The van der Waals surface area contributed by atoms with Crippen LogP contribution >= 0.6 is 0 Å². The molecule has 86 valence electrons. The van der Waals surface area contributed by atoms with Crippen LogP contribution in [0.4, 0.5) is 0 Å². The first kappa shape index (κ1) is 10.9. The highest BCUT2D eigenvalue weighted by atomic mass is 16.3. The van der Waals surface area contributed by atoms with Gasteiger partial charge in [0, 0.05) is 19.3 Å². The first-order valence-electron chi connectivity index (χ1n) is 5.29. The second-order valence-corrected chi connectivity index (χ2v) is 4.14. The molecule has 0 spiro atoms. The molecule has 0 amide bonds. The van der Waals surface area contributed by atoms with Gasteiger partial charge in [0.25, 0.3) is 0 Å². The van der Waals surface area contributed by atoms with Gasteiger partial charge in [-0.3, -0.25) is 4.68 Å². The van der Waals surface area contributed by atoms with Crippen molar-refractivity contribution >= 4 is 0 Å².